The first-order valence-electron chi connectivity index (χ1n) is 5.39. The van der Waals surface area contributed by atoms with Crippen molar-refractivity contribution in [1.29, 1.82) is 0 Å². The number of hydrogen-bond donors (Lipinski definition) is 3. The summed E-state index contributed by atoms with van der Waals surface area (Å²) < 4.78 is 0. The van der Waals surface area contributed by atoms with Crippen molar-refractivity contribution in [3.05, 3.63) is 28.8 Å². The fraction of sp³-hybridized carbons (Fsp3) is 0.417. The lowest BCUT2D eigenvalue weighted by Gasteiger charge is -2.16. The topological polar surface area (TPSA) is 69.6 Å². The first kappa shape index (κ1) is 12.3. The van der Waals surface area contributed by atoms with Crippen molar-refractivity contribution in [1.82, 2.24) is 5.32 Å². The average molecular weight is 253 g/mol. The van der Waals surface area contributed by atoms with Crippen LogP contribution in [-0.2, 0) is 4.79 Å². The molecule has 1 heterocycles. The van der Waals surface area contributed by atoms with Gasteiger partial charge in [0.25, 0.3) is 0 Å². The summed E-state index contributed by atoms with van der Waals surface area (Å²) in [5.74, 6) is -0.0879. The molecule has 0 radical (unpaired) electrons. The Morgan fingerprint density at radius 3 is 2.71 bits per heavy atom. The fourth-order valence-electron chi connectivity index (χ4n) is 2.08. The molecule has 1 aromatic carbocycles. The molecular formula is C12H15NO3S. The Hall–Kier alpha value is -1.20. The lowest BCUT2D eigenvalue weighted by atomic mass is 10.0. The normalized spacial score (nSPS) is 23.9. The molecule has 92 valence electrons. The van der Waals surface area contributed by atoms with E-state index in [1.807, 2.05) is 19.9 Å². The number of benzene rings is 1. The van der Waals surface area contributed by atoms with Gasteiger partial charge in [0.05, 0.1) is 5.37 Å². The monoisotopic (exact) mass is 253 g/mol. The van der Waals surface area contributed by atoms with Gasteiger partial charge in [0.2, 0.25) is 0 Å². The quantitative estimate of drug-likeness (QED) is 0.749. The van der Waals surface area contributed by atoms with Crippen LogP contribution in [0.3, 0.4) is 0 Å². The molecule has 2 atom stereocenters. The number of aryl methyl sites for hydroxylation is 2. The third-order valence-electron chi connectivity index (χ3n) is 2.85. The summed E-state index contributed by atoms with van der Waals surface area (Å²) in [5.41, 5.74) is 2.78. The Kier molecular flexibility index (Phi) is 3.31. The summed E-state index contributed by atoms with van der Waals surface area (Å²) in [6, 6.07) is 3.16. The van der Waals surface area contributed by atoms with Gasteiger partial charge in [-0.25, -0.2) is 0 Å². The van der Waals surface area contributed by atoms with Gasteiger partial charge in [-0.1, -0.05) is 6.07 Å². The molecule has 2 unspecified atom stereocenters. The van der Waals surface area contributed by atoms with Crippen LogP contribution >= 0.6 is 11.8 Å². The van der Waals surface area contributed by atoms with Gasteiger partial charge >= 0.3 is 5.97 Å². The van der Waals surface area contributed by atoms with Crippen LogP contribution in [0.2, 0.25) is 0 Å². The summed E-state index contributed by atoms with van der Waals surface area (Å²) in [6.07, 6.45) is 0. The zero-order valence-electron chi connectivity index (χ0n) is 9.73. The molecule has 2 rings (SSSR count). The van der Waals surface area contributed by atoms with Crippen LogP contribution in [-0.4, -0.2) is 28.0 Å². The smallest absolute Gasteiger partial charge is 0.321 e. The van der Waals surface area contributed by atoms with Gasteiger partial charge in [-0.3, -0.25) is 10.1 Å². The molecule has 17 heavy (non-hydrogen) atoms. The Morgan fingerprint density at radius 1 is 1.47 bits per heavy atom. The van der Waals surface area contributed by atoms with Crippen LogP contribution in [0.4, 0.5) is 0 Å². The highest BCUT2D eigenvalue weighted by atomic mass is 32.2. The maximum absolute atomic E-state index is 10.9. The van der Waals surface area contributed by atoms with E-state index in [1.54, 1.807) is 6.07 Å². The van der Waals surface area contributed by atoms with Gasteiger partial charge in [0.15, 0.2) is 0 Å². The van der Waals surface area contributed by atoms with Gasteiger partial charge in [-0.2, -0.15) is 0 Å². The van der Waals surface area contributed by atoms with E-state index >= 15 is 0 Å². The molecular weight excluding hydrogens is 238 g/mol. The third kappa shape index (κ3) is 2.40. The predicted octanol–water partition coefficient (Wildman–Crippen LogP) is 1.80. The van der Waals surface area contributed by atoms with Gasteiger partial charge in [0, 0.05) is 11.3 Å². The van der Waals surface area contributed by atoms with Crippen molar-refractivity contribution in [3.8, 4) is 5.75 Å². The Morgan fingerprint density at radius 2 is 2.18 bits per heavy atom. The molecule has 0 spiro atoms. The van der Waals surface area contributed by atoms with Crippen molar-refractivity contribution in [3.63, 3.8) is 0 Å². The van der Waals surface area contributed by atoms with E-state index < -0.39 is 12.0 Å². The van der Waals surface area contributed by atoms with E-state index in [4.69, 9.17) is 5.11 Å². The summed E-state index contributed by atoms with van der Waals surface area (Å²) in [4.78, 5) is 10.9. The number of rotatable bonds is 2. The van der Waals surface area contributed by atoms with Crippen LogP contribution in [0.1, 0.15) is 22.1 Å². The summed E-state index contributed by atoms with van der Waals surface area (Å²) in [7, 11) is 0. The lowest BCUT2D eigenvalue weighted by molar-refractivity contribution is -0.138. The minimum atomic E-state index is -0.843. The molecule has 5 heteroatoms. The molecule has 0 aromatic heterocycles. The highest BCUT2D eigenvalue weighted by Gasteiger charge is 2.32. The summed E-state index contributed by atoms with van der Waals surface area (Å²) in [6.45, 7) is 3.85. The predicted molar refractivity (Wildman–Crippen MR) is 67.3 cm³/mol. The highest BCUT2D eigenvalue weighted by molar-refractivity contribution is 7.99. The van der Waals surface area contributed by atoms with Crippen molar-refractivity contribution in [2.45, 2.75) is 25.3 Å². The number of nitrogens with one attached hydrogen (secondary N) is 1. The summed E-state index contributed by atoms with van der Waals surface area (Å²) in [5, 5.41) is 21.7. The third-order valence-corrected chi connectivity index (χ3v) is 4.08. The van der Waals surface area contributed by atoms with Crippen LogP contribution in [0.5, 0.6) is 5.75 Å². The second-order valence-corrected chi connectivity index (χ2v) is 5.42. The van der Waals surface area contributed by atoms with E-state index in [2.05, 4.69) is 5.32 Å². The minimum Gasteiger partial charge on any atom is -0.508 e. The number of hydrogen-bond acceptors (Lipinski definition) is 4. The number of phenolic OH excluding ortho intramolecular Hbond substituents is 1. The maximum Gasteiger partial charge on any atom is 0.321 e. The molecule has 1 fully saturated rings. The zero-order valence-corrected chi connectivity index (χ0v) is 10.5. The Balaban J connectivity index is 2.27. The molecule has 0 amide bonds. The molecule has 3 N–H and O–H groups in total. The van der Waals surface area contributed by atoms with Gasteiger partial charge in [-0.15, -0.1) is 11.8 Å². The van der Waals surface area contributed by atoms with E-state index in [1.165, 1.54) is 11.8 Å². The van der Waals surface area contributed by atoms with Crippen molar-refractivity contribution < 1.29 is 15.0 Å². The minimum absolute atomic E-state index is 0.142. The molecule has 1 aliphatic rings. The first-order valence-corrected chi connectivity index (χ1v) is 6.44. The Labute approximate surface area is 104 Å². The number of carbonyl (C=O) groups is 1. The summed E-state index contributed by atoms with van der Waals surface area (Å²) >= 11 is 1.51. The first-order chi connectivity index (χ1) is 7.99. The molecule has 0 aliphatic carbocycles. The molecule has 1 aromatic rings. The zero-order chi connectivity index (χ0) is 12.6. The van der Waals surface area contributed by atoms with E-state index in [0.717, 1.165) is 16.7 Å². The van der Waals surface area contributed by atoms with Crippen molar-refractivity contribution >= 4 is 17.7 Å². The number of phenols is 1. The van der Waals surface area contributed by atoms with Gasteiger partial charge < -0.3 is 10.2 Å². The Bertz CT molecular complexity index is 438. The second-order valence-electron chi connectivity index (χ2n) is 4.29. The fourth-order valence-corrected chi connectivity index (χ4v) is 3.44. The van der Waals surface area contributed by atoms with Gasteiger partial charge in [0.1, 0.15) is 11.8 Å². The van der Waals surface area contributed by atoms with Crippen molar-refractivity contribution in [2.24, 2.45) is 0 Å². The van der Waals surface area contributed by atoms with Gasteiger partial charge in [-0.05, 0) is 31.0 Å². The number of carboxylic acids is 1. The second kappa shape index (κ2) is 4.58. The largest absolute Gasteiger partial charge is 0.508 e. The van der Waals surface area contributed by atoms with Crippen molar-refractivity contribution in [2.75, 3.05) is 5.75 Å². The molecule has 0 saturated carbocycles. The van der Waals surface area contributed by atoms with E-state index in [-0.39, 0.29) is 11.1 Å². The van der Waals surface area contributed by atoms with Crippen LogP contribution in [0.25, 0.3) is 0 Å². The standard InChI is InChI=1S/C12H15NO3S/c1-6-3-7(2)10(9(14)4-6)11-13-8(5-17-11)12(15)16/h3-4,8,11,13-14H,5H2,1-2H3,(H,15,16). The number of aromatic hydroxyl groups is 1. The molecule has 1 saturated heterocycles. The van der Waals surface area contributed by atoms with Crippen LogP contribution in [0.15, 0.2) is 12.1 Å². The van der Waals surface area contributed by atoms with E-state index in [0.29, 0.717) is 5.75 Å². The maximum atomic E-state index is 10.9. The highest BCUT2D eigenvalue weighted by Crippen LogP contribution is 2.39. The molecule has 1 aliphatic heterocycles. The number of thioether (sulfide) groups is 1. The van der Waals surface area contributed by atoms with Crippen LogP contribution in [0, 0.1) is 13.8 Å². The number of aliphatic carboxylic acids is 1. The van der Waals surface area contributed by atoms with Crippen LogP contribution < -0.4 is 5.32 Å². The average Bonchev–Trinajstić information content (AvgIpc) is 2.65. The number of carboxylic acid groups (broad SMARTS) is 1. The lowest BCUT2D eigenvalue weighted by Crippen LogP contribution is -2.33. The molecule has 0 bridgehead atoms. The van der Waals surface area contributed by atoms with E-state index in [9.17, 15) is 9.90 Å². The SMILES string of the molecule is Cc1cc(C)c(C2NC(C(=O)O)CS2)c(O)c1. The molecule has 4 nitrogen and oxygen atoms in total.